The van der Waals surface area contributed by atoms with Crippen LogP contribution in [0.5, 0.6) is 0 Å². The van der Waals surface area contributed by atoms with Gasteiger partial charge in [-0.05, 0) is 43.6 Å². The Morgan fingerprint density at radius 3 is 2.59 bits per heavy atom. The van der Waals surface area contributed by atoms with Crippen LogP contribution in [0.25, 0.3) is 0 Å². The fraction of sp³-hybridized carbons (Fsp3) is 0.647. The van der Waals surface area contributed by atoms with Crippen molar-refractivity contribution in [1.29, 1.82) is 0 Å². The molecule has 1 fully saturated rings. The predicted octanol–water partition coefficient (Wildman–Crippen LogP) is 3.49. The average Bonchev–Trinajstić information content (AvgIpc) is 2.85. The molecule has 4 nitrogen and oxygen atoms in total. The minimum atomic E-state index is -0.412. The SMILES string of the molecule is C[C@H]1CCc2sc(NC(=O)C3CCCCC3)c(C(N)=O)c2C1. The van der Waals surface area contributed by atoms with Crippen molar-refractivity contribution in [2.45, 2.75) is 58.3 Å². The van der Waals surface area contributed by atoms with Crippen LogP contribution in [0.4, 0.5) is 5.00 Å². The highest BCUT2D eigenvalue weighted by atomic mass is 32.1. The Labute approximate surface area is 135 Å². The van der Waals surface area contributed by atoms with Crippen LogP contribution < -0.4 is 11.1 Å². The van der Waals surface area contributed by atoms with E-state index in [4.69, 9.17) is 5.73 Å². The summed E-state index contributed by atoms with van der Waals surface area (Å²) in [4.78, 5) is 25.6. The number of carbonyl (C=O) groups excluding carboxylic acids is 2. The van der Waals surface area contributed by atoms with Crippen molar-refractivity contribution in [3.8, 4) is 0 Å². The summed E-state index contributed by atoms with van der Waals surface area (Å²) in [5.74, 6) is 0.314. The molecule has 1 atom stereocenters. The second-order valence-electron chi connectivity index (χ2n) is 6.74. The lowest BCUT2D eigenvalue weighted by Crippen LogP contribution is -2.26. The van der Waals surface area contributed by atoms with Crippen molar-refractivity contribution in [1.82, 2.24) is 0 Å². The molecule has 0 bridgehead atoms. The van der Waals surface area contributed by atoms with Gasteiger partial charge in [0.15, 0.2) is 0 Å². The quantitative estimate of drug-likeness (QED) is 0.895. The molecule has 1 saturated carbocycles. The molecule has 5 heteroatoms. The van der Waals surface area contributed by atoms with E-state index in [2.05, 4.69) is 12.2 Å². The van der Waals surface area contributed by atoms with Crippen LogP contribution in [0.15, 0.2) is 0 Å². The third-order valence-electron chi connectivity index (χ3n) is 4.97. The van der Waals surface area contributed by atoms with Gasteiger partial charge in [0.2, 0.25) is 5.91 Å². The zero-order chi connectivity index (χ0) is 15.7. The molecule has 1 aromatic rings. The summed E-state index contributed by atoms with van der Waals surface area (Å²) in [5, 5.41) is 3.69. The number of anilines is 1. The van der Waals surface area contributed by atoms with E-state index >= 15 is 0 Å². The van der Waals surface area contributed by atoms with Crippen LogP contribution in [0.3, 0.4) is 0 Å². The smallest absolute Gasteiger partial charge is 0.251 e. The summed E-state index contributed by atoms with van der Waals surface area (Å²) in [5.41, 5.74) is 7.24. The van der Waals surface area contributed by atoms with Gasteiger partial charge in [-0.15, -0.1) is 11.3 Å². The van der Waals surface area contributed by atoms with Crippen LogP contribution >= 0.6 is 11.3 Å². The minimum Gasteiger partial charge on any atom is -0.365 e. The average molecular weight is 320 g/mol. The van der Waals surface area contributed by atoms with Gasteiger partial charge in [-0.1, -0.05) is 26.2 Å². The molecule has 0 aliphatic heterocycles. The molecule has 0 saturated heterocycles. The maximum atomic E-state index is 12.5. The normalized spacial score (nSPS) is 22.1. The van der Waals surface area contributed by atoms with E-state index in [0.717, 1.165) is 50.5 Å². The first-order valence-electron chi connectivity index (χ1n) is 8.31. The van der Waals surface area contributed by atoms with E-state index in [9.17, 15) is 9.59 Å². The Morgan fingerprint density at radius 1 is 1.18 bits per heavy atom. The Balaban J connectivity index is 1.84. The summed E-state index contributed by atoms with van der Waals surface area (Å²) < 4.78 is 0. The maximum Gasteiger partial charge on any atom is 0.251 e. The fourth-order valence-corrected chi connectivity index (χ4v) is 4.94. The lowest BCUT2D eigenvalue weighted by Gasteiger charge is -2.20. The van der Waals surface area contributed by atoms with E-state index in [1.165, 1.54) is 11.3 Å². The largest absolute Gasteiger partial charge is 0.365 e. The Kier molecular flexibility index (Phi) is 4.52. The molecule has 3 rings (SSSR count). The topological polar surface area (TPSA) is 72.2 Å². The number of aryl methyl sites for hydroxylation is 1. The van der Waals surface area contributed by atoms with E-state index in [0.29, 0.717) is 16.5 Å². The Bertz CT molecular complexity index is 588. The molecule has 0 radical (unpaired) electrons. The first-order valence-corrected chi connectivity index (χ1v) is 9.13. The molecule has 1 heterocycles. The number of thiophene rings is 1. The molecule has 22 heavy (non-hydrogen) atoms. The van der Waals surface area contributed by atoms with Crippen LogP contribution in [0.1, 0.15) is 66.2 Å². The van der Waals surface area contributed by atoms with E-state index < -0.39 is 5.91 Å². The highest BCUT2D eigenvalue weighted by Crippen LogP contribution is 2.40. The summed E-state index contributed by atoms with van der Waals surface area (Å²) >= 11 is 1.55. The third-order valence-corrected chi connectivity index (χ3v) is 6.17. The number of primary amides is 1. The molecule has 2 amide bonds. The van der Waals surface area contributed by atoms with E-state index in [1.54, 1.807) is 11.3 Å². The standard InChI is InChI=1S/C17H24N2O2S/c1-10-7-8-13-12(9-10)14(15(18)20)17(22-13)19-16(21)11-5-3-2-4-6-11/h10-11H,2-9H2,1H3,(H2,18,20)(H,19,21)/t10-/m0/s1. The number of carbonyl (C=O) groups is 2. The van der Waals surface area contributed by atoms with Gasteiger partial charge in [0.25, 0.3) is 5.91 Å². The lowest BCUT2D eigenvalue weighted by molar-refractivity contribution is -0.120. The van der Waals surface area contributed by atoms with Crippen LogP contribution in [0, 0.1) is 11.8 Å². The van der Waals surface area contributed by atoms with Gasteiger partial charge < -0.3 is 11.1 Å². The monoisotopic (exact) mass is 320 g/mol. The molecule has 2 aliphatic rings. The molecule has 3 N–H and O–H groups in total. The molecular weight excluding hydrogens is 296 g/mol. The fourth-order valence-electron chi connectivity index (χ4n) is 3.69. The maximum absolute atomic E-state index is 12.5. The molecule has 0 spiro atoms. The molecular formula is C17H24N2O2S. The van der Waals surface area contributed by atoms with Gasteiger partial charge in [0, 0.05) is 10.8 Å². The first-order chi connectivity index (χ1) is 10.6. The van der Waals surface area contributed by atoms with Crippen molar-refractivity contribution in [3.05, 3.63) is 16.0 Å². The minimum absolute atomic E-state index is 0.0637. The highest BCUT2D eigenvalue weighted by molar-refractivity contribution is 7.17. The predicted molar refractivity (Wildman–Crippen MR) is 89.2 cm³/mol. The Morgan fingerprint density at radius 2 is 1.91 bits per heavy atom. The van der Waals surface area contributed by atoms with Crippen molar-refractivity contribution in [3.63, 3.8) is 0 Å². The highest BCUT2D eigenvalue weighted by Gasteiger charge is 2.29. The summed E-state index contributed by atoms with van der Waals surface area (Å²) in [6.07, 6.45) is 8.41. The lowest BCUT2D eigenvalue weighted by atomic mass is 9.87. The molecule has 0 unspecified atom stereocenters. The number of rotatable bonds is 3. The molecule has 2 aliphatic carbocycles. The van der Waals surface area contributed by atoms with Crippen molar-refractivity contribution < 1.29 is 9.59 Å². The van der Waals surface area contributed by atoms with Gasteiger partial charge >= 0.3 is 0 Å². The third kappa shape index (κ3) is 3.05. The number of nitrogens with two attached hydrogens (primary N) is 1. The molecule has 1 aromatic heterocycles. The summed E-state index contributed by atoms with van der Waals surface area (Å²) in [6, 6.07) is 0. The number of hydrogen-bond donors (Lipinski definition) is 2. The summed E-state index contributed by atoms with van der Waals surface area (Å²) in [7, 11) is 0. The van der Waals surface area contributed by atoms with E-state index in [1.807, 2.05) is 0 Å². The first kappa shape index (κ1) is 15.5. The number of amides is 2. The van der Waals surface area contributed by atoms with Gasteiger partial charge in [-0.2, -0.15) is 0 Å². The number of hydrogen-bond acceptors (Lipinski definition) is 3. The van der Waals surface area contributed by atoms with Crippen LogP contribution in [-0.4, -0.2) is 11.8 Å². The van der Waals surface area contributed by atoms with Crippen molar-refractivity contribution >= 4 is 28.2 Å². The number of fused-ring (bicyclic) bond motifs is 1. The van der Waals surface area contributed by atoms with Gasteiger partial charge in [0.1, 0.15) is 5.00 Å². The van der Waals surface area contributed by atoms with Crippen molar-refractivity contribution in [2.75, 3.05) is 5.32 Å². The Hall–Kier alpha value is -1.36. The van der Waals surface area contributed by atoms with E-state index in [-0.39, 0.29) is 11.8 Å². The second-order valence-corrected chi connectivity index (χ2v) is 7.85. The summed E-state index contributed by atoms with van der Waals surface area (Å²) in [6.45, 7) is 2.20. The van der Waals surface area contributed by atoms with Gasteiger partial charge in [-0.25, -0.2) is 0 Å². The molecule has 120 valence electrons. The van der Waals surface area contributed by atoms with Crippen LogP contribution in [-0.2, 0) is 17.6 Å². The van der Waals surface area contributed by atoms with Gasteiger partial charge in [0.05, 0.1) is 5.56 Å². The zero-order valence-corrected chi connectivity index (χ0v) is 13.9. The zero-order valence-electron chi connectivity index (χ0n) is 13.1. The molecule has 0 aromatic carbocycles. The van der Waals surface area contributed by atoms with Gasteiger partial charge in [-0.3, -0.25) is 9.59 Å². The number of nitrogens with one attached hydrogen (secondary N) is 1. The van der Waals surface area contributed by atoms with Crippen LogP contribution in [0.2, 0.25) is 0 Å². The second kappa shape index (κ2) is 6.41. The van der Waals surface area contributed by atoms with Crippen molar-refractivity contribution in [2.24, 2.45) is 17.6 Å².